The maximum Gasteiger partial charge on any atom is 0.256 e. The lowest BCUT2D eigenvalue weighted by Gasteiger charge is -2.26. The molecule has 0 atom stereocenters. The summed E-state index contributed by atoms with van der Waals surface area (Å²) in [5.74, 6) is -0.256. The van der Waals surface area contributed by atoms with Crippen molar-refractivity contribution in [1.29, 1.82) is 0 Å². The lowest BCUT2D eigenvalue weighted by atomic mass is 10.0. The minimum atomic E-state index is -3.60. The average molecular weight is 597 g/mol. The van der Waals surface area contributed by atoms with Crippen molar-refractivity contribution in [3.63, 3.8) is 0 Å². The van der Waals surface area contributed by atoms with E-state index in [4.69, 9.17) is 4.98 Å². The fourth-order valence-corrected chi connectivity index (χ4v) is 9.03. The fourth-order valence-electron chi connectivity index (χ4n) is 5.14. The number of nitrogens with zero attached hydrogens (tertiary/aromatic N) is 3. The zero-order chi connectivity index (χ0) is 28.3. The van der Waals surface area contributed by atoms with E-state index in [0.717, 1.165) is 71.1 Å². The first-order valence-corrected chi connectivity index (χ1v) is 17.1. The Hall–Kier alpha value is -2.63. The maximum atomic E-state index is 13.5. The Labute approximate surface area is 244 Å². The van der Waals surface area contributed by atoms with Crippen LogP contribution in [0.25, 0.3) is 20.8 Å². The van der Waals surface area contributed by atoms with Crippen LogP contribution in [0.15, 0.2) is 53.4 Å². The van der Waals surface area contributed by atoms with Crippen LogP contribution in [0.5, 0.6) is 0 Å². The molecule has 3 heterocycles. The van der Waals surface area contributed by atoms with Gasteiger partial charge in [0.05, 0.1) is 15.1 Å². The van der Waals surface area contributed by atoms with Crippen LogP contribution in [0.3, 0.4) is 0 Å². The summed E-state index contributed by atoms with van der Waals surface area (Å²) in [5, 5.41) is 4.89. The van der Waals surface area contributed by atoms with Gasteiger partial charge >= 0.3 is 0 Å². The first-order valence-electron chi connectivity index (χ1n) is 14.0. The number of carbonyl (C=O) groups is 1. The zero-order valence-corrected chi connectivity index (χ0v) is 25.7. The highest BCUT2D eigenvalue weighted by Crippen LogP contribution is 2.45. The lowest BCUT2D eigenvalue weighted by molar-refractivity contribution is 0.102. The van der Waals surface area contributed by atoms with Gasteiger partial charge in [-0.25, -0.2) is 13.4 Å². The standard InChI is InChI=1S/C30H36N4O3S3/c1-4-7-18-34(6-3)40(36,37)22-14-12-21(13-15-22)28(35)32-30-27(29-31-24-10-8-9-11-25(24)38-29)23-16-19-33(17-5-2)20-26(23)39-30/h8-15H,4-7,16-20H2,1-3H3,(H,32,35). The van der Waals surface area contributed by atoms with Gasteiger partial charge in [0, 0.05) is 42.2 Å². The van der Waals surface area contributed by atoms with Crippen molar-refractivity contribution < 1.29 is 13.2 Å². The van der Waals surface area contributed by atoms with Gasteiger partial charge in [-0.2, -0.15) is 4.31 Å². The molecule has 1 aliphatic heterocycles. The van der Waals surface area contributed by atoms with E-state index in [2.05, 4.69) is 23.2 Å². The molecule has 0 saturated heterocycles. The van der Waals surface area contributed by atoms with Gasteiger partial charge in [0.15, 0.2) is 0 Å². The molecule has 5 rings (SSSR count). The number of hydrogen-bond acceptors (Lipinski definition) is 7. The number of amides is 1. The van der Waals surface area contributed by atoms with E-state index in [1.165, 1.54) is 26.9 Å². The normalized spacial score (nSPS) is 14.1. The number of benzene rings is 2. The molecule has 0 fully saturated rings. The molecule has 4 aromatic rings. The number of hydrogen-bond donors (Lipinski definition) is 1. The van der Waals surface area contributed by atoms with Crippen LogP contribution in [-0.2, 0) is 23.0 Å². The van der Waals surface area contributed by atoms with Crippen molar-refractivity contribution in [2.24, 2.45) is 0 Å². The van der Waals surface area contributed by atoms with Crippen LogP contribution in [0, 0.1) is 0 Å². The van der Waals surface area contributed by atoms with E-state index < -0.39 is 10.0 Å². The quantitative estimate of drug-likeness (QED) is 0.205. The van der Waals surface area contributed by atoms with Crippen molar-refractivity contribution in [3.05, 3.63) is 64.5 Å². The first-order chi connectivity index (χ1) is 19.3. The molecule has 10 heteroatoms. The highest BCUT2D eigenvalue weighted by Gasteiger charge is 2.28. The summed E-state index contributed by atoms with van der Waals surface area (Å²) >= 11 is 3.28. The van der Waals surface area contributed by atoms with Crippen molar-refractivity contribution >= 4 is 53.8 Å². The molecule has 1 N–H and O–H groups in total. The summed E-state index contributed by atoms with van der Waals surface area (Å²) in [5.41, 5.74) is 3.68. The van der Waals surface area contributed by atoms with Crippen LogP contribution in [-0.4, -0.2) is 54.7 Å². The van der Waals surface area contributed by atoms with E-state index in [1.54, 1.807) is 34.8 Å². The molecular formula is C30H36N4O3S3. The summed E-state index contributed by atoms with van der Waals surface area (Å²) < 4.78 is 28.9. The van der Waals surface area contributed by atoms with E-state index in [9.17, 15) is 13.2 Å². The Bertz CT molecular complexity index is 1560. The molecule has 0 aliphatic carbocycles. The van der Waals surface area contributed by atoms with Crippen LogP contribution in [0.1, 0.15) is 60.8 Å². The number of para-hydroxylation sites is 1. The maximum absolute atomic E-state index is 13.5. The molecule has 40 heavy (non-hydrogen) atoms. The Kier molecular flexibility index (Phi) is 9.01. The summed E-state index contributed by atoms with van der Waals surface area (Å²) in [6.07, 6.45) is 3.76. The SMILES string of the molecule is CCCCN(CC)S(=O)(=O)c1ccc(C(=O)Nc2sc3c(c2-c2nc4ccccc4s2)CCN(CCC)C3)cc1. The van der Waals surface area contributed by atoms with Gasteiger partial charge in [-0.1, -0.05) is 39.3 Å². The predicted octanol–water partition coefficient (Wildman–Crippen LogP) is 6.86. The average Bonchev–Trinajstić information content (AvgIpc) is 3.54. The van der Waals surface area contributed by atoms with E-state index in [-0.39, 0.29) is 10.8 Å². The first kappa shape index (κ1) is 28.9. The van der Waals surface area contributed by atoms with Gasteiger partial charge in [-0.05, 0) is 67.8 Å². The number of nitrogens with one attached hydrogen (secondary N) is 1. The minimum Gasteiger partial charge on any atom is -0.313 e. The van der Waals surface area contributed by atoms with E-state index in [0.29, 0.717) is 18.7 Å². The van der Waals surface area contributed by atoms with Gasteiger partial charge in [0.1, 0.15) is 10.0 Å². The van der Waals surface area contributed by atoms with Crippen LogP contribution >= 0.6 is 22.7 Å². The number of sulfonamides is 1. The molecular weight excluding hydrogens is 561 g/mol. The van der Waals surface area contributed by atoms with Crippen LogP contribution in [0.4, 0.5) is 5.00 Å². The summed E-state index contributed by atoms with van der Waals surface area (Å²) in [6.45, 7) is 9.92. The third-order valence-electron chi connectivity index (χ3n) is 7.28. The topological polar surface area (TPSA) is 82.6 Å². The van der Waals surface area contributed by atoms with Crippen LogP contribution in [0.2, 0.25) is 0 Å². The second-order valence-corrected chi connectivity index (χ2v) is 14.1. The molecule has 0 saturated carbocycles. The number of thiazole rings is 1. The molecule has 0 spiro atoms. The van der Waals surface area contributed by atoms with E-state index >= 15 is 0 Å². The van der Waals surface area contributed by atoms with Gasteiger partial charge in [0.25, 0.3) is 5.91 Å². The third kappa shape index (κ3) is 5.87. The summed E-state index contributed by atoms with van der Waals surface area (Å²) in [6, 6.07) is 14.4. The van der Waals surface area contributed by atoms with Crippen molar-refractivity contribution in [1.82, 2.24) is 14.2 Å². The van der Waals surface area contributed by atoms with Gasteiger partial charge in [-0.3, -0.25) is 9.69 Å². The Morgan fingerprint density at radius 3 is 2.52 bits per heavy atom. The highest BCUT2D eigenvalue weighted by atomic mass is 32.2. The van der Waals surface area contributed by atoms with E-state index in [1.807, 2.05) is 32.0 Å². The zero-order valence-electron chi connectivity index (χ0n) is 23.3. The minimum absolute atomic E-state index is 0.208. The molecule has 0 bridgehead atoms. The Morgan fingerprint density at radius 1 is 1.05 bits per heavy atom. The number of unbranched alkanes of at least 4 members (excludes halogenated alkanes) is 1. The number of anilines is 1. The molecule has 212 valence electrons. The second-order valence-electron chi connectivity index (χ2n) is 10.0. The number of rotatable bonds is 11. The van der Waals surface area contributed by atoms with Gasteiger partial charge < -0.3 is 5.32 Å². The number of aromatic nitrogens is 1. The van der Waals surface area contributed by atoms with Crippen molar-refractivity contribution in [2.75, 3.05) is 31.5 Å². The monoisotopic (exact) mass is 596 g/mol. The number of fused-ring (bicyclic) bond motifs is 2. The smallest absolute Gasteiger partial charge is 0.256 e. The molecule has 2 aromatic heterocycles. The largest absolute Gasteiger partial charge is 0.313 e. The Balaban J connectivity index is 1.44. The highest BCUT2D eigenvalue weighted by molar-refractivity contribution is 7.89. The van der Waals surface area contributed by atoms with Gasteiger partial charge in [0.2, 0.25) is 10.0 Å². The molecule has 0 radical (unpaired) electrons. The van der Waals surface area contributed by atoms with Crippen molar-refractivity contribution in [2.45, 2.75) is 57.9 Å². The molecule has 1 amide bonds. The Morgan fingerprint density at radius 2 is 1.82 bits per heavy atom. The van der Waals surface area contributed by atoms with Gasteiger partial charge in [-0.15, -0.1) is 22.7 Å². The molecule has 0 unspecified atom stereocenters. The van der Waals surface area contributed by atoms with Crippen molar-refractivity contribution in [3.8, 4) is 10.6 Å². The summed E-state index contributed by atoms with van der Waals surface area (Å²) in [7, 11) is -3.60. The second kappa shape index (κ2) is 12.5. The molecule has 1 aliphatic rings. The fraction of sp³-hybridized carbons (Fsp3) is 0.400. The summed E-state index contributed by atoms with van der Waals surface area (Å²) in [4.78, 5) is 22.3. The number of carbonyl (C=O) groups excluding carboxylic acids is 1. The molecule has 2 aromatic carbocycles. The number of thiophene rings is 1. The lowest BCUT2D eigenvalue weighted by Crippen LogP contribution is -2.31. The molecule has 7 nitrogen and oxygen atoms in total. The van der Waals surface area contributed by atoms with Crippen LogP contribution < -0.4 is 5.32 Å². The predicted molar refractivity (Wildman–Crippen MR) is 166 cm³/mol. The third-order valence-corrected chi connectivity index (χ3v) is 11.5.